The van der Waals surface area contributed by atoms with Gasteiger partial charge in [0.25, 0.3) is 0 Å². The van der Waals surface area contributed by atoms with Crippen LogP contribution in [0.3, 0.4) is 0 Å². The Morgan fingerprint density at radius 1 is 1.22 bits per heavy atom. The lowest BCUT2D eigenvalue weighted by molar-refractivity contribution is -0.0290. The van der Waals surface area contributed by atoms with Gasteiger partial charge in [-0.15, -0.1) is 0 Å². The Morgan fingerprint density at radius 2 is 1.93 bits per heavy atom. The van der Waals surface area contributed by atoms with Crippen LogP contribution in [0.15, 0.2) is 36.8 Å². The Labute approximate surface area is 158 Å². The Balaban J connectivity index is 1.81. The van der Waals surface area contributed by atoms with Crippen molar-refractivity contribution < 1.29 is 29.1 Å². The van der Waals surface area contributed by atoms with Gasteiger partial charge < -0.3 is 24.3 Å². The quantitative estimate of drug-likeness (QED) is 0.782. The molecule has 0 radical (unpaired) electrons. The van der Waals surface area contributed by atoms with Gasteiger partial charge in [-0.2, -0.15) is 0 Å². The van der Waals surface area contributed by atoms with Crippen LogP contribution < -0.4 is 5.59 Å². The lowest BCUT2D eigenvalue weighted by Gasteiger charge is -2.21. The highest BCUT2D eigenvalue weighted by Crippen LogP contribution is 2.21. The lowest BCUT2D eigenvalue weighted by Crippen LogP contribution is -2.40. The number of hydrogen-bond acceptors (Lipinski definition) is 6. The molecule has 0 saturated carbocycles. The summed E-state index contributed by atoms with van der Waals surface area (Å²) in [5.41, 5.74) is 1.04. The van der Waals surface area contributed by atoms with Crippen LogP contribution in [-0.2, 0) is 20.6 Å². The molecular weight excluding hydrogens is 349 g/mol. The molecule has 0 amide bonds. The number of carbonyl (C=O) groups is 1. The maximum Gasteiger partial charge on any atom is 0.506 e. The van der Waals surface area contributed by atoms with Gasteiger partial charge in [0, 0.05) is 11.8 Å². The molecule has 0 aliphatic carbocycles. The number of benzene rings is 1. The second kappa shape index (κ2) is 7.66. The van der Waals surface area contributed by atoms with Crippen LogP contribution >= 0.6 is 0 Å². The van der Waals surface area contributed by atoms with Gasteiger partial charge >= 0.3 is 13.2 Å². The van der Waals surface area contributed by atoms with E-state index >= 15 is 0 Å². The van der Waals surface area contributed by atoms with Crippen molar-refractivity contribution in [3.05, 3.63) is 42.4 Å². The standard InChI is InChI=1S/C19H24BNO6/c1-19(2,3)27-18(22)21-15-8-7-13(5-4-6-17-25-9-10-26-17)11-14(15)12-16(21)20(23)24/h7-12,17,23-24H,4-6H2,1-3H3. The molecule has 0 unspecified atom stereocenters. The summed E-state index contributed by atoms with van der Waals surface area (Å²) in [6.45, 7) is 5.28. The fourth-order valence-electron chi connectivity index (χ4n) is 3.02. The molecule has 3 rings (SSSR count). The van der Waals surface area contributed by atoms with Gasteiger partial charge in [-0.25, -0.2) is 4.79 Å². The van der Waals surface area contributed by atoms with Crippen molar-refractivity contribution in [2.45, 2.75) is 51.9 Å². The highest BCUT2D eigenvalue weighted by Gasteiger charge is 2.27. The van der Waals surface area contributed by atoms with Crippen LogP contribution in [0.1, 0.15) is 39.2 Å². The molecule has 2 aromatic rings. The summed E-state index contributed by atoms with van der Waals surface area (Å²) in [6.07, 6.45) is 4.67. The summed E-state index contributed by atoms with van der Waals surface area (Å²) < 4.78 is 17.1. The number of aryl methyl sites for hydroxylation is 1. The zero-order valence-corrected chi connectivity index (χ0v) is 15.7. The van der Waals surface area contributed by atoms with Gasteiger partial charge in [0.2, 0.25) is 6.29 Å². The summed E-state index contributed by atoms with van der Waals surface area (Å²) >= 11 is 0. The number of aromatic nitrogens is 1. The molecule has 0 spiro atoms. The van der Waals surface area contributed by atoms with E-state index < -0.39 is 18.8 Å². The second-order valence-corrected chi connectivity index (χ2v) is 7.52. The van der Waals surface area contributed by atoms with E-state index in [1.54, 1.807) is 32.9 Å². The van der Waals surface area contributed by atoms with Gasteiger partial charge in [-0.3, -0.25) is 4.57 Å². The molecule has 8 heteroatoms. The highest BCUT2D eigenvalue weighted by molar-refractivity contribution is 6.59. The van der Waals surface area contributed by atoms with Crippen molar-refractivity contribution in [2.24, 2.45) is 0 Å². The summed E-state index contributed by atoms with van der Waals surface area (Å²) in [4.78, 5) is 12.5. The number of ether oxygens (including phenoxy) is 3. The highest BCUT2D eigenvalue weighted by atomic mass is 16.7. The zero-order valence-electron chi connectivity index (χ0n) is 15.7. The maximum atomic E-state index is 12.5. The Bertz CT molecular complexity index is 844. The Kier molecular flexibility index (Phi) is 5.48. The fourth-order valence-corrected chi connectivity index (χ4v) is 3.02. The monoisotopic (exact) mass is 373 g/mol. The SMILES string of the molecule is CC(C)(C)OC(=O)n1c(B(O)O)cc2cc(CCCC3OC=CO3)ccc21. The van der Waals surface area contributed by atoms with E-state index in [0.29, 0.717) is 5.52 Å². The number of rotatable bonds is 5. The summed E-state index contributed by atoms with van der Waals surface area (Å²) in [5, 5.41) is 20.1. The Morgan fingerprint density at radius 3 is 2.56 bits per heavy atom. The maximum absolute atomic E-state index is 12.5. The summed E-state index contributed by atoms with van der Waals surface area (Å²) in [7, 11) is -1.78. The normalized spacial score (nSPS) is 14.3. The minimum Gasteiger partial charge on any atom is -0.459 e. The number of carbonyl (C=O) groups excluding carboxylic acids is 1. The smallest absolute Gasteiger partial charge is 0.459 e. The third kappa shape index (κ3) is 4.64. The lowest BCUT2D eigenvalue weighted by atomic mass is 9.86. The van der Waals surface area contributed by atoms with E-state index in [-0.39, 0.29) is 11.9 Å². The molecule has 7 nitrogen and oxygen atoms in total. The predicted octanol–water partition coefficient (Wildman–Crippen LogP) is 2.27. The van der Waals surface area contributed by atoms with E-state index in [1.165, 1.54) is 17.1 Å². The molecule has 144 valence electrons. The van der Waals surface area contributed by atoms with E-state index in [1.807, 2.05) is 12.1 Å². The molecule has 27 heavy (non-hydrogen) atoms. The average molecular weight is 373 g/mol. The van der Waals surface area contributed by atoms with E-state index in [0.717, 1.165) is 30.2 Å². The van der Waals surface area contributed by atoms with Crippen molar-refractivity contribution in [2.75, 3.05) is 0 Å². The summed E-state index contributed by atoms with van der Waals surface area (Å²) in [6, 6.07) is 7.26. The van der Waals surface area contributed by atoms with Crippen LogP contribution in [-0.4, -0.2) is 39.7 Å². The molecule has 1 aliphatic rings. The van der Waals surface area contributed by atoms with Gasteiger partial charge in [-0.05, 0) is 57.4 Å². The van der Waals surface area contributed by atoms with Crippen molar-refractivity contribution in [3.63, 3.8) is 0 Å². The minimum atomic E-state index is -1.78. The van der Waals surface area contributed by atoms with Crippen molar-refractivity contribution in [1.82, 2.24) is 4.57 Å². The first-order valence-corrected chi connectivity index (χ1v) is 8.94. The van der Waals surface area contributed by atoms with E-state index in [9.17, 15) is 14.8 Å². The van der Waals surface area contributed by atoms with Gasteiger partial charge in [0.05, 0.1) is 11.1 Å². The summed E-state index contributed by atoms with van der Waals surface area (Å²) in [5.74, 6) is 0. The molecule has 0 atom stereocenters. The fraction of sp³-hybridized carbons (Fsp3) is 0.421. The predicted molar refractivity (Wildman–Crippen MR) is 101 cm³/mol. The number of fused-ring (bicyclic) bond motifs is 1. The van der Waals surface area contributed by atoms with Crippen LogP contribution in [0.4, 0.5) is 4.79 Å². The van der Waals surface area contributed by atoms with Crippen molar-refractivity contribution in [3.8, 4) is 0 Å². The number of nitrogens with zero attached hydrogens (tertiary/aromatic N) is 1. The van der Waals surface area contributed by atoms with Crippen LogP contribution in [0, 0.1) is 0 Å². The van der Waals surface area contributed by atoms with Crippen LogP contribution in [0.2, 0.25) is 0 Å². The molecule has 0 saturated heterocycles. The van der Waals surface area contributed by atoms with Crippen LogP contribution in [0.25, 0.3) is 10.9 Å². The molecular formula is C19H24BNO6. The van der Waals surface area contributed by atoms with Gasteiger partial charge in [-0.1, -0.05) is 6.07 Å². The van der Waals surface area contributed by atoms with Crippen molar-refractivity contribution in [1.29, 1.82) is 0 Å². The first kappa shape index (κ1) is 19.3. The third-order valence-electron chi connectivity index (χ3n) is 4.16. The molecule has 1 aromatic heterocycles. The largest absolute Gasteiger partial charge is 0.506 e. The van der Waals surface area contributed by atoms with E-state index in [2.05, 4.69) is 0 Å². The van der Waals surface area contributed by atoms with Gasteiger partial charge in [0.15, 0.2) is 0 Å². The molecule has 0 bridgehead atoms. The minimum absolute atomic E-state index is 0.0789. The average Bonchev–Trinajstić information content (AvgIpc) is 3.19. The second-order valence-electron chi connectivity index (χ2n) is 7.52. The number of hydrogen-bond donors (Lipinski definition) is 2. The van der Waals surface area contributed by atoms with Crippen molar-refractivity contribution >= 4 is 29.7 Å². The van der Waals surface area contributed by atoms with Gasteiger partial charge in [0.1, 0.15) is 18.1 Å². The zero-order chi connectivity index (χ0) is 19.6. The molecule has 1 aliphatic heterocycles. The molecule has 0 fully saturated rings. The Hall–Kier alpha value is -2.45. The first-order valence-electron chi connectivity index (χ1n) is 8.94. The third-order valence-corrected chi connectivity index (χ3v) is 4.16. The molecule has 2 N–H and O–H groups in total. The topological polar surface area (TPSA) is 90.2 Å². The first-order chi connectivity index (χ1) is 12.7. The molecule has 2 heterocycles. The van der Waals surface area contributed by atoms with E-state index in [4.69, 9.17) is 14.2 Å². The van der Waals surface area contributed by atoms with Crippen LogP contribution in [0.5, 0.6) is 0 Å². The molecule has 1 aromatic carbocycles.